The fraction of sp³-hybridized carbons (Fsp3) is 0.500. The quantitative estimate of drug-likeness (QED) is 0.814. The summed E-state index contributed by atoms with van der Waals surface area (Å²) in [5.41, 5.74) is 2.81. The van der Waals surface area contributed by atoms with Gasteiger partial charge in [0.25, 0.3) is 0 Å². The lowest BCUT2D eigenvalue weighted by Gasteiger charge is -2.28. The SMILES string of the molecule is CCCc1ccccc1NC1CSC1. The molecule has 2 rings (SSSR count). The van der Waals surface area contributed by atoms with Crippen LogP contribution in [0.15, 0.2) is 24.3 Å². The lowest BCUT2D eigenvalue weighted by atomic mass is 10.1. The highest BCUT2D eigenvalue weighted by Gasteiger charge is 2.18. The van der Waals surface area contributed by atoms with Crippen LogP contribution in [0.2, 0.25) is 0 Å². The van der Waals surface area contributed by atoms with Crippen molar-refractivity contribution in [1.82, 2.24) is 0 Å². The summed E-state index contributed by atoms with van der Waals surface area (Å²) in [4.78, 5) is 0. The molecule has 0 radical (unpaired) electrons. The Balaban J connectivity index is 2.05. The number of thioether (sulfide) groups is 1. The second kappa shape index (κ2) is 4.74. The standard InChI is InChI=1S/C12H17NS/c1-2-5-10-6-3-4-7-12(10)13-11-8-14-9-11/h3-4,6-7,11,13H,2,5,8-9H2,1H3. The lowest BCUT2D eigenvalue weighted by molar-refractivity contribution is 0.866. The highest BCUT2D eigenvalue weighted by Crippen LogP contribution is 2.24. The molecule has 1 heterocycles. The van der Waals surface area contributed by atoms with Crippen molar-refractivity contribution in [3.05, 3.63) is 29.8 Å². The molecule has 0 aromatic heterocycles. The van der Waals surface area contributed by atoms with E-state index in [0.29, 0.717) is 6.04 Å². The van der Waals surface area contributed by atoms with Gasteiger partial charge in [-0.25, -0.2) is 0 Å². The van der Waals surface area contributed by atoms with E-state index in [9.17, 15) is 0 Å². The minimum absolute atomic E-state index is 0.706. The Hall–Kier alpha value is -0.630. The van der Waals surface area contributed by atoms with Crippen LogP contribution in [0.25, 0.3) is 0 Å². The molecule has 0 atom stereocenters. The Kier molecular flexibility index (Phi) is 3.35. The molecule has 2 heteroatoms. The van der Waals surface area contributed by atoms with Crippen LogP contribution >= 0.6 is 11.8 Å². The number of hydrogen-bond acceptors (Lipinski definition) is 2. The van der Waals surface area contributed by atoms with Crippen LogP contribution in [0.4, 0.5) is 5.69 Å². The minimum Gasteiger partial charge on any atom is -0.380 e. The van der Waals surface area contributed by atoms with Gasteiger partial charge in [-0.05, 0) is 18.1 Å². The van der Waals surface area contributed by atoms with Crippen molar-refractivity contribution < 1.29 is 0 Å². The Bertz CT molecular complexity index is 294. The lowest BCUT2D eigenvalue weighted by Crippen LogP contribution is -2.33. The van der Waals surface area contributed by atoms with E-state index in [1.807, 2.05) is 11.8 Å². The third-order valence-corrected chi connectivity index (χ3v) is 3.81. The van der Waals surface area contributed by atoms with Gasteiger partial charge in [0.05, 0.1) is 0 Å². The topological polar surface area (TPSA) is 12.0 Å². The summed E-state index contributed by atoms with van der Waals surface area (Å²) in [6, 6.07) is 9.39. The van der Waals surface area contributed by atoms with E-state index >= 15 is 0 Å². The molecule has 76 valence electrons. The van der Waals surface area contributed by atoms with Gasteiger partial charge >= 0.3 is 0 Å². The zero-order valence-electron chi connectivity index (χ0n) is 8.62. The molecule has 0 aliphatic carbocycles. The minimum atomic E-state index is 0.706. The first kappa shape index (κ1) is 9.91. The van der Waals surface area contributed by atoms with Crippen molar-refractivity contribution in [1.29, 1.82) is 0 Å². The van der Waals surface area contributed by atoms with Crippen LogP contribution in [0, 0.1) is 0 Å². The van der Waals surface area contributed by atoms with E-state index in [-0.39, 0.29) is 0 Å². The first-order valence-corrected chi connectivity index (χ1v) is 6.48. The first-order chi connectivity index (χ1) is 6.90. The van der Waals surface area contributed by atoms with Crippen LogP contribution in [-0.4, -0.2) is 17.5 Å². The van der Waals surface area contributed by atoms with Crippen LogP contribution in [0.5, 0.6) is 0 Å². The van der Waals surface area contributed by atoms with E-state index in [1.54, 1.807) is 0 Å². The smallest absolute Gasteiger partial charge is 0.0442 e. The average Bonchev–Trinajstić information content (AvgIpc) is 2.14. The molecule has 0 spiro atoms. The Morgan fingerprint density at radius 1 is 1.36 bits per heavy atom. The van der Waals surface area contributed by atoms with Crippen LogP contribution in [0.1, 0.15) is 18.9 Å². The molecule has 1 saturated heterocycles. The van der Waals surface area contributed by atoms with Gasteiger partial charge in [-0.1, -0.05) is 31.5 Å². The van der Waals surface area contributed by atoms with Gasteiger partial charge in [0, 0.05) is 23.2 Å². The third kappa shape index (κ3) is 2.24. The zero-order chi connectivity index (χ0) is 9.80. The van der Waals surface area contributed by atoms with E-state index in [2.05, 4.69) is 36.5 Å². The van der Waals surface area contributed by atoms with Gasteiger partial charge in [0.15, 0.2) is 0 Å². The number of para-hydroxylation sites is 1. The molecule has 14 heavy (non-hydrogen) atoms. The first-order valence-electron chi connectivity index (χ1n) is 5.32. The van der Waals surface area contributed by atoms with Crippen LogP contribution in [-0.2, 0) is 6.42 Å². The zero-order valence-corrected chi connectivity index (χ0v) is 9.44. The average molecular weight is 207 g/mol. The van der Waals surface area contributed by atoms with Gasteiger partial charge in [-0.15, -0.1) is 0 Å². The molecule has 1 aliphatic rings. The van der Waals surface area contributed by atoms with Crippen molar-refractivity contribution in [3.63, 3.8) is 0 Å². The van der Waals surface area contributed by atoms with E-state index in [0.717, 1.165) is 0 Å². The van der Waals surface area contributed by atoms with Gasteiger partial charge in [0.2, 0.25) is 0 Å². The summed E-state index contributed by atoms with van der Waals surface area (Å²) in [5.74, 6) is 2.53. The van der Waals surface area contributed by atoms with Gasteiger partial charge in [0.1, 0.15) is 0 Å². The predicted octanol–water partition coefficient (Wildman–Crippen LogP) is 3.17. The van der Waals surface area contributed by atoms with Crippen molar-refractivity contribution in [2.75, 3.05) is 16.8 Å². The number of rotatable bonds is 4. The maximum absolute atomic E-state index is 3.61. The Morgan fingerprint density at radius 3 is 2.79 bits per heavy atom. The van der Waals surface area contributed by atoms with Gasteiger partial charge in [-0.3, -0.25) is 0 Å². The molecular formula is C12H17NS. The van der Waals surface area contributed by atoms with E-state index in [4.69, 9.17) is 0 Å². The largest absolute Gasteiger partial charge is 0.380 e. The van der Waals surface area contributed by atoms with E-state index in [1.165, 1.54) is 35.6 Å². The summed E-state index contributed by atoms with van der Waals surface area (Å²) < 4.78 is 0. The summed E-state index contributed by atoms with van der Waals surface area (Å²) in [6.07, 6.45) is 2.40. The molecule has 0 unspecified atom stereocenters. The summed E-state index contributed by atoms with van der Waals surface area (Å²) in [5, 5.41) is 3.61. The molecule has 0 bridgehead atoms. The second-order valence-corrected chi connectivity index (χ2v) is 4.86. The number of aryl methyl sites for hydroxylation is 1. The van der Waals surface area contributed by atoms with E-state index < -0.39 is 0 Å². The fourth-order valence-corrected chi connectivity index (χ4v) is 2.33. The van der Waals surface area contributed by atoms with Gasteiger partial charge in [-0.2, -0.15) is 11.8 Å². The van der Waals surface area contributed by atoms with Crippen LogP contribution < -0.4 is 5.32 Å². The summed E-state index contributed by atoms with van der Waals surface area (Å²) in [6.45, 7) is 2.23. The monoisotopic (exact) mass is 207 g/mol. The molecule has 1 N–H and O–H groups in total. The van der Waals surface area contributed by atoms with Crippen molar-refractivity contribution in [2.45, 2.75) is 25.8 Å². The summed E-state index contributed by atoms with van der Waals surface area (Å²) >= 11 is 2.02. The predicted molar refractivity (Wildman–Crippen MR) is 65.2 cm³/mol. The molecule has 1 nitrogen and oxygen atoms in total. The molecule has 1 fully saturated rings. The summed E-state index contributed by atoms with van der Waals surface area (Å²) in [7, 11) is 0. The van der Waals surface area contributed by atoms with Gasteiger partial charge < -0.3 is 5.32 Å². The number of anilines is 1. The highest BCUT2D eigenvalue weighted by molar-refractivity contribution is 8.00. The molecule has 1 aliphatic heterocycles. The Morgan fingerprint density at radius 2 is 2.14 bits per heavy atom. The second-order valence-electron chi connectivity index (χ2n) is 3.79. The maximum Gasteiger partial charge on any atom is 0.0442 e. The number of hydrogen-bond donors (Lipinski definition) is 1. The fourth-order valence-electron chi connectivity index (χ4n) is 1.69. The highest BCUT2D eigenvalue weighted by atomic mass is 32.2. The van der Waals surface area contributed by atoms with Crippen LogP contribution in [0.3, 0.4) is 0 Å². The molecule has 0 amide bonds. The number of nitrogens with one attached hydrogen (secondary N) is 1. The molecule has 1 aromatic rings. The number of benzene rings is 1. The Labute approximate surface area is 90.3 Å². The van der Waals surface area contributed by atoms with Crippen molar-refractivity contribution in [3.8, 4) is 0 Å². The third-order valence-electron chi connectivity index (χ3n) is 2.53. The maximum atomic E-state index is 3.61. The van der Waals surface area contributed by atoms with Crippen molar-refractivity contribution in [2.24, 2.45) is 0 Å². The molecular weight excluding hydrogens is 190 g/mol. The molecule has 0 saturated carbocycles. The molecule has 1 aromatic carbocycles. The van der Waals surface area contributed by atoms with Crippen molar-refractivity contribution >= 4 is 17.4 Å². The normalized spacial score (nSPS) is 16.4.